The van der Waals surface area contributed by atoms with Crippen LogP contribution in [0.25, 0.3) is 11.3 Å². The number of halogens is 1. The molecule has 0 bridgehead atoms. The van der Waals surface area contributed by atoms with E-state index in [0.29, 0.717) is 26.2 Å². The maximum Gasteiger partial charge on any atom is 0.335 e. The summed E-state index contributed by atoms with van der Waals surface area (Å²) >= 11 is 6.02. The van der Waals surface area contributed by atoms with Gasteiger partial charge in [0.2, 0.25) is 0 Å². The first-order chi connectivity index (χ1) is 15.5. The van der Waals surface area contributed by atoms with Crippen LogP contribution in [0.4, 0.5) is 0 Å². The van der Waals surface area contributed by atoms with Crippen LogP contribution >= 0.6 is 11.6 Å². The second-order valence-corrected chi connectivity index (χ2v) is 7.85. The molecule has 0 N–H and O–H groups in total. The van der Waals surface area contributed by atoms with Gasteiger partial charge in [-0.25, -0.2) is 4.79 Å². The summed E-state index contributed by atoms with van der Waals surface area (Å²) < 4.78 is 18.9. The summed E-state index contributed by atoms with van der Waals surface area (Å²) in [6.07, 6.45) is -0.116. The van der Waals surface area contributed by atoms with Gasteiger partial charge in [0.1, 0.15) is 12.4 Å². The first-order valence-electron chi connectivity index (χ1n) is 10.9. The highest BCUT2D eigenvalue weighted by Crippen LogP contribution is 2.24. The van der Waals surface area contributed by atoms with E-state index in [1.165, 1.54) is 5.69 Å². The Labute approximate surface area is 194 Å². The van der Waals surface area contributed by atoms with Crippen molar-refractivity contribution in [1.82, 2.24) is 4.57 Å². The van der Waals surface area contributed by atoms with E-state index in [0.717, 1.165) is 34.1 Å². The summed E-state index contributed by atoms with van der Waals surface area (Å²) in [6.45, 7) is 7.83. The van der Waals surface area contributed by atoms with Crippen LogP contribution in [0.15, 0.2) is 60.7 Å². The van der Waals surface area contributed by atoms with Gasteiger partial charge in [-0.15, -0.1) is 0 Å². The average Bonchev–Trinajstić information content (AvgIpc) is 3.15. The largest absolute Gasteiger partial charge is 0.492 e. The number of benzene rings is 2. The van der Waals surface area contributed by atoms with Gasteiger partial charge >= 0.3 is 5.97 Å². The number of hydrogen-bond acceptors (Lipinski definition) is 4. The molecule has 6 heteroatoms. The molecule has 1 aromatic heterocycles. The molecule has 0 aliphatic rings. The molecular weight excluding hydrogens is 426 g/mol. The number of carbonyl (C=O) groups excluding carboxylic acids is 1. The molecule has 32 heavy (non-hydrogen) atoms. The third kappa shape index (κ3) is 6.38. The highest BCUT2D eigenvalue weighted by atomic mass is 35.5. The summed E-state index contributed by atoms with van der Waals surface area (Å²) in [5.41, 5.74) is 4.43. The Bertz CT molecular complexity index is 996. The number of carbonyl (C=O) groups is 1. The lowest BCUT2D eigenvalue weighted by molar-refractivity contribution is -0.156. The lowest BCUT2D eigenvalue weighted by Gasteiger charge is -2.16. The third-order valence-corrected chi connectivity index (χ3v) is 5.44. The molecule has 0 saturated carbocycles. The van der Waals surface area contributed by atoms with E-state index in [-0.39, 0.29) is 5.97 Å². The minimum atomic E-state index is -0.588. The van der Waals surface area contributed by atoms with Crippen LogP contribution in [-0.2, 0) is 27.2 Å². The molecule has 0 fully saturated rings. The minimum absolute atomic E-state index is 0.326. The van der Waals surface area contributed by atoms with Crippen molar-refractivity contribution < 1.29 is 19.0 Å². The van der Waals surface area contributed by atoms with Crippen molar-refractivity contribution in [2.24, 2.45) is 0 Å². The molecule has 0 amide bonds. The van der Waals surface area contributed by atoms with Gasteiger partial charge in [0, 0.05) is 29.4 Å². The predicted octanol–water partition coefficient (Wildman–Crippen LogP) is 5.71. The number of ether oxygens (including phenoxy) is 3. The SMILES string of the molecule is CCOC(=O)C(Cc1ccc(OCCn2c(C)ccc2-c2ccc(Cl)cc2)cc1)OCC. The van der Waals surface area contributed by atoms with E-state index in [2.05, 4.69) is 23.6 Å². The van der Waals surface area contributed by atoms with Gasteiger partial charge in [-0.1, -0.05) is 35.9 Å². The number of rotatable bonds is 11. The molecule has 3 rings (SSSR count). The Morgan fingerprint density at radius 2 is 1.69 bits per heavy atom. The standard InChI is InChI=1S/C26H30ClNO4/c1-4-30-25(26(29)31-5-2)18-20-7-13-23(14-8-20)32-17-16-28-19(3)6-15-24(28)21-9-11-22(27)12-10-21/h6-15,25H,4-5,16-18H2,1-3H3. The second-order valence-electron chi connectivity index (χ2n) is 7.41. The molecule has 1 atom stereocenters. The molecule has 0 aliphatic heterocycles. The molecule has 2 aromatic carbocycles. The van der Waals surface area contributed by atoms with Crippen molar-refractivity contribution in [2.75, 3.05) is 19.8 Å². The number of nitrogens with zero attached hydrogens (tertiary/aromatic N) is 1. The van der Waals surface area contributed by atoms with Gasteiger partial charge in [-0.2, -0.15) is 0 Å². The predicted molar refractivity (Wildman–Crippen MR) is 127 cm³/mol. The number of hydrogen-bond donors (Lipinski definition) is 0. The van der Waals surface area contributed by atoms with Gasteiger partial charge in [0.15, 0.2) is 6.10 Å². The molecule has 170 valence electrons. The van der Waals surface area contributed by atoms with Crippen LogP contribution in [0.1, 0.15) is 25.1 Å². The van der Waals surface area contributed by atoms with Crippen molar-refractivity contribution in [2.45, 2.75) is 39.8 Å². The fourth-order valence-electron chi connectivity index (χ4n) is 3.58. The monoisotopic (exact) mass is 455 g/mol. The topological polar surface area (TPSA) is 49.7 Å². The maximum absolute atomic E-state index is 12.1. The Hall–Kier alpha value is -2.76. The Morgan fingerprint density at radius 3 is 2.34 bits per heavy atom. The van der Waals surface area contributed by atoms with Crippen molar-refractivity contribution >= 4 is 17.6 Å². The van der Waals surface area contributed by atoms with E-state index < -0.39 is 6.10 Å². The summed E-state index contributed by atoms with van der Waals surface area (Å²) in [7, 11) is 0. The molecular formula is C26H30ClNO4. The molecule has 0 spiro atoms. The maximum atomic E-state index is 12.1. The molecule has 0 saturated heterocycles. The minimum Gasteiger partial charge on any atom is -0.492 e. The normalized spacial score (nSPS) is 11.9. The quantitative estimate of drug-likeness (QED) is 0.347. The second kappa shape index (κ2) is 11.7. The van der Waals surface area contributed by atoms with Crippen LogP contribution in [0.2, 0.25) is 5.02 Å². The molecule has 0 radical (unpaired) electrons. The van der Waals surface area contributed by atoms with Crippen LogP contribution in [0, 0.1) is 6.92 Å². The van der Waals surface area contributed by atoms with Gasteiger partial charge in [-0.3, -0.25) is 0 Å². The van der Waals surface area contributed by atoms with Crippen molar-refractivity contribution in [3.63, 3.8) is 0 Å². The first-order valence-corrected chi connectivity index (χ1v) is 11.3. The van der Waals surface area contributed by atoms with E-state index in [9.17, 15) is 4.79 Å². The summed E-state index contributed by atoms with van der Waals surface area (Å²) in [5.74, 6) is 0.462. The lowest BCUT2D eigenvalue weighted by atomic mass is 10.1. The summed E-state index contributed by atoms with van der Waals surface area (Å²) in [4.78, 5) is 12.1. The van der Waals surface area contributed by atoms with Crippen LogP contribution in [0.3, 0.4) is 0 Å². The lowest BCUT2D eigenvalue weighted by Crippen LogP contribution is -2.28. The number of esters is 1. The smallest absolute Gasteiger partial charge is 0.335 e. The van der Waals surface area contributed by atoms with Crippen molar-refractivity contribution in [1.29, 1.82) is 0 Å². The summed E-state index contributed by atoms with van der Waals surface area (Å²) in [6, 6.07) is 19.8. The zero-order chi connectivity index (χ0) is 22.9. The molecule has 1 unspecified atom stereocenters. The van der Waals surface area contributed by atoms with Gasteiger partial charge in [-0.05, 0) is 68.3 Å². The Balaban J connectivity index is 1.58. The van der Waals surface area contributed by atoms with E-state index >= 15 is 0 Å². The van der Waals surface area contributed by atoms with Crippen LogP contribution in [0.5, 0.6) is 5.75 Å². The summed E-state index contributed by atoms with van der Waals surface area (Å²) in [5, 5.41) is 0.727. The third-order valence-electron chi connectivity index (χ3n) is 5.18. The zero-order valence-corrected chi connectivity index (χ0v) is 19.6. The fraction of sp³-hybridized carbons (Fsp3) is 0.346. The number of aromatic nitrogens is 1. The van der Waals surface area contributed by atoms with Gasteiger partial charge in [0.05, 0.1) is 13.2 Å². The number of aryl methyl sites for hydroxylation is 1. The van der Waals surface area contributed by atoms with Gasteiger partial charge in [0.25, 0.3) is 0 Å². The zero-order valence-electron chi connectivity index (χ0n) is 18.8. The molecule has 5 nitrogen and oxygen atoms in total. The van der Waals surface area contributed by atoms with Crippen molar-refractivity contribution in [3.05, 3.63) is 76.9 Å². The Kier molecular flexibility index (Phi) is 8.77. The first kappa shape index (κ1) is 23.9. The van der Waals surface area contributed by atoms with E-state index in [4.69, 9.17) is 25.8 Å². The Morgan fingerprint density at radius 1 is 0.969 bits per heavy atom. The highest BCUT2D eigenvalue weighted by Gasteiger charge is 2.20. The van der Waals surface area contributed by atoms with Crippen LogP contribution in [-0.4, -0.2) is 36.5 Å². The highest BCUT2D eigenvalue weighted by molar-refractivity contribution is 6.30. The van der Waals surface area contributed by atoms with Crippen molar-refractivity contribution in [3.8, 4) is 17.0 Å². The molecule has 1 heterocycles. The van der Waals surface area contributed by atoms with Gasteiger partial charge < -0.3 is 18.8 Å². The van der Waals surface area contributed by atoms with E-state index in [1.807, 2.05) is 55.5 Å². The average molecular weight is 456 g/mol. The van der Waals surface area contributed by atoms with Crippen LogP contribution < -0.4 is 4.74 Å². The molecule has 3 aromatic rings. The fourth-order valence-corrected chi connectivity index (χ4v) is 3.70. The van der Waals surface area contributed by atoms with E-state index in [1.54, 1.807) is 6.92 Å². The molecule has 0 aliphatic carbocycles.